The van der Waals surface area contributed by atoms with E-state index >= 15 is 0 Å². The number of piperidine rings is 1. The SMILES string of the molecule is COc1ccc(Br)c(C(=O)N2C3CCC2CC(n2ccnn2)C3)c1. The number of carbonyl (C=O) groups is 1. The number of rotatable bonds is 3. The number of nitrogens with zero attached hydrogens (tertiary/aromatic N) is 4. The lowest BCUT2D eigenvalue weighted by atomic mass is 9.96. The van der Waals surface area contributed by atoms with Crippen LogP contribution in [-0.2, 0) is 0 Å². The number of halogens is 1. The van der Waals surface area contributed by atoms with Crippen molar-refractivity contribution in [2.45, 2.75) is 43.8 Å². The molecule has 1 aromatic carbocycles. The molecule has 6 nitrogen and oxygen atoms in total. The van der Waals surface area contributed by atoms with E-state index in [1.54, 1.807) is 13.3 Å². The maximum atomic E-state index is 13.1. The molecule has 126 valence electrons. The third kappa shape index (κ3) is 2.60. The van der Waals surface area contributed by atoms with Crippen LogP contribution in [0.2, 0.25) is 0 Å². The van der Waals surface area contributed by atoms with Crippen molar-refractivity contribution >= 4 is 21.8 Å². The third-order valence-corrected chi connectivity index (χ3v) is 5.85. The third-order valence-electron chi connectivity index (χ3n) is 5.16. The predicted molar refractivity (Wildman–Crippen MR) is 92.0 cm³/mol. The zero-order valence-corrected chi connectivity index (χ0v) is 15.0. The molecule has 2 aliphatic heterocycles. The van der Waals surface area contributed by atoms with Crippen molar-refractivity contribution in [2.24, 2.45) is 0 Å². The van der Waals surface area contributed by atoms with Gasteiger partial charge in [0.05, 0.1) is 24.9 Å². The fourth-order valence-electron chi connectivity index (χ4n) is 4.04. The van der Waals surface area contributed by atoms with Gasteiger partial charge in [-0.1, -0.05) is 5.21 Å². The Balaban J connectivity index is 1.59. The summed E-state index contributed by atoms with van der Waals surface area (Å²) in [6.07, 6.45) is 7.62. The van der Waals surface area contributed by atoms with Crippen LogP contribution < -0.4 is 4.74 Å². The first-order valence-corrected chi connectivity index (χ1v) is 8.98. The topological polar surface area (TPSA) is 60.2 Å². The molecule has 1 amide bonds. The lowest BCUT2D eigenvalue weighted by Gasteiger charge is -2.39. The number of amides is 1. The second kappa shape index (κ2) is 6.20. The number of ether oxygens (including phenoxy) is 1. The van der Waals surface area contributed by atoms with Gasteiger partial charge in [-0.3, -0.25) is 4.79 Å². The van der Waals surface area contributed by atoms with Crippen molar-refractivity contribution in [1.82, 2.24) is 19.9 Å². The molecule has 2 unspecified atom stereocenters. The van der Waals surface area contributed by atoms with Gasteiger partial charge in [-0.25, -0.2) is 4.68 Å². The molecule has 0 aliphatic carbocycles. The van der Waals surface area contributed by atoms with Crippen LogP contribution in [0, 0.1) is 0 Å². The van der Waals surface area contributed by atoms with Gasteiger partial charge in [0.2, 0.25) is 0 Å². The summed E-state index contributed by atoms with van der Waals surface area (Å²) < 4.78 is 8.02. The van der Waals surface area contributed by atoms with Crippen LogP contribution in [0.5, 0.6) is 5.75 Å². The van der Waals surface area contributed by atoms with Gasteiger partial charge in [0.1, 0.15) is 5.75 Å². The number of hydrogen-bond acceptors (Lipinski definition) is 4. The lowest BCUT2D eigenvalue weighted by molar-refractivity contribution is 0.0521. The van der Waals surface area contributed by atoms with Crippen molar-refractivity contribution in [1.29, 1.82) is 0 Å². The normalized spacial score (nSPS) is 25.8. The first kappa shape index (κ1) is 15.6. The van der Waals surface area contributed by atoms with Gasteiger partial charge in [0.15, 0.2) is 0 Å². The fraction of sp³-hybridized carbons (Fsp3) is 0.471. The number of carbonyl (C=O) groups excluding carboxylic acids is 1. The van der Waals surface area contributed by atoms with E-state index in [1.807, 2.05) is 29.1 Å². The molecule has 2 saturated heterocycles. The summed E-state index contributed by atoms with van der Waals surface area (Å²) in [6, 6.07) is 6.41. The highest BCUT2D eigenvalue weighted by atomic mass is 79.9. The van der Waals surface area contributed by atoms with E-state index in [1.165, 1.54) is 0 Å². The summed E-state index contributed by atoms with van der Waals surface area (Å²) in [7, 11) is 1.62. The standard InChI is InChI=1S/C17H19BrN4O2/c1-24-14-4-5-16(18)15(10-14)17(23)22-11-2-3-12(22)9-13(8-11)21-7-6-19-20-21/h4-7,10-13H,2-3,8-9H2,1H3. The molecule has 0 radical (unpaired) electrons. The largest absolute Gasteiger partial charge is 0.497 e. The molecule has 24 heavy (non-hydrogen) atoms. The maximum absolute atomic E-state index is 13.1. The molecular weight excluding hydrogens is 372 g/mol. The van der Waals surface area contributed by atoms with Crippen molar-refractivity contribution in [3.05, 3.63) is 40.6 Å². The summed E-state index contributed by atoms with van der Waals surface area (Å²) in [5.74, 6) is 0.789. The molecule has 4 rings (SSSR count). The van der Waals surface area contributed by atoms with E-state index in [9.17, 15) is 4.79 Å². The molecule has 1 aromatic heterocycles. The molecule has 0 spiro atoms. The van der Waals surface area contributed by atoms with Gasteiger partial charge in [0.25, 0.3) is 5.91 Å². The van der Waals surface area contributed by atoms with Gasteiger partial charge in [-0.2, -0.15) is 0 Å². The molecule has 2 atom stereocenters. The summed E-state index contributed by atoms with van der Waals surface area (Å²) in [6.45, 7) is 0. The Morgan fingerprint density at radius 3 is 2.62 bits per heavy atom. The highest BCUT2D eigenvalue weighted by molar-refractivity contribution is 9.10. The molecule has 3 heterocycles. The highest BCUT2D eigenvalue weighted by Crippen LogP contribution is 2.42. The zero-order chi connectivity index (χ0) is 16.7. The van der Waals surface area contributed by atoms with Crippen LogP contribution >= 0.6 is 15.9 Å². The quantitative estimate of drug-likeness (QED) is 0.807. The first-order chi connectivity index (χ1) is 11.7. The molecule has 7 heteroatoms. The molecule has 0 N–H and O–H groups in total. The summed E-state index contributed by atoms with van der Waals surface area (Å²) in [5, 5.41) is 8.05. The Morgan fingerprint density at radius 1 is 1.25 bits per heavy atom. The van der Waals surface area contributed by atoms with Gasteiger partial charge in [-0.15, -0.1) is 5.10 Å². The van der Waals surface area contributed by atoms with Gasteiger partial charge in [0, 0.05) is 22.8 Å². The fourth-order valence-corrected chi connectivity index (χ4v) is 4.46. The van der Waals surface area contributed by atoms with E-state index < -0.39 is 0 Å². The van der Waals surface area contributed by atoms with Crippen LogP contribution in [-0.4, -0.2) is 45.0 Å². The van der Waals surface area contributed by atoms with Gasteiger partial charge >= 0.3 is 0 Å². The average Bonchev–Trinajstić information content (AvgIpc) is 3.21. The number of aromatic nitrogens is 3. The van der Waals surface area contributed by atoms with Gasteiger partial charge < -0.3 is 9.64 Å². The minimum Gasteiger partial charge on any atom is -0.497 e. The van der Waals surface area contributed by atoms with E-state index in [4.69, 9.17) is 4.74 Å². The van der Waals surface area contributed by atoms with E-state index in [0.717, 1.165) is 30.2 Å². The number of benzene rings is 1. The van der Waals surface area contributed by atoms with Gasteiger partial charge in [-0.05, 0) is 59.8 Å². The Kier molecular flexibility index (Phi) is 4.04. The van der Waals surface area contributed by atoms with Crippen molar-refractivity contribution < 1.29 is 9.53 Å². The second-order valence-corrected chi connectivity index (χ2v) is 7.31. The van der Waals surface area contributed by atoms with Crippen molar-refractivity contribution in [3.8, 4) is 5.75 Å². The maximum Gasteiger partial charge on any atom is 0.255 e. The monoisotopic (exact) mass is 390 g/mol. The van der Waals surface area contributed by atoms with Crippen molar-refractivity contribution in [3.63, 3.8) is 0 Å². The molecule has 2 aromatic rings. The minimum atomic E-state index is 0.0883. The summed E-state index contributed by atoms with van der Waals surface area (Å²) in [5.41, 5.74) is 0.672. The number of methoxy groups -OCH3 is 1. The number of fused-ring (bicyclic) bond motifs is 2. The van der Waals surface area contributed by atoms with E-state index in [-0.39, 0.29) is 18.0 Å². The highest BCUT2D eigenvalue weighted by Gasteiger charge is 2.44. The first-order valence-electron chi connectivity index (χ1n) is 8.19. The Bertz CT molecular complexity index is 735. The molecule has 2 aliphatic rings. The predicted octanol–water partition coefficient (Wildman–Crippen LogP) is 3.06. The van der Waals surface area contributed by atoms with E-state index in [2.05, 4.69) is 31.1 Å². The summed E-state index contributed by atoms with van der Waals surface area (Å²) >= 11 is 3.51. The zero-order valence-electron chi connectivity index (χ0n) is 13.4. The van der Waals surface area contributed by atoms with Crippen LogP contribution in [0.15, 0.2) is 35.1 Å². The minimum absolute atomic E-state index is 0.0883. The molecular formula is C17H19BrN4O2. The van der Waals surface area contributed by atoms with E-state index in [0.29, 0.717) is 17.4 Å². The summed E-state index contributed by atoms with van der Waals surface area (Å²) in [4.78, 5) is 15.2. The molecule has 2 fully saturated rings. The molecule has 2 bridgehead atoms. The Hall–Kier alpha value is -1.89. The van der Waals surface area contributed by atoms with Crippen LogP contribution in [0.25, 0.3) is 0 Å². The Morgan fingerprint density at radius 2 is 2.00 bits per heavy atom. The Labute approximate surface area is 148 Å². The second-order valence-electron chi connectivity index (χ2n) is 6.45. The smallest absolute Gasteiger partial charge is 0.255 e. The van der Waals surface area contributed by atoms with Crippen LogP contribution in [0.3, 0.4) is 0 Å². The lowest BCUT2D eigenvalue weighted by Crippen LogP contribution is -2.47. The van der Waals surface area contributed by atoms with Crippen molar-refractivity contribution in [2.75, 3.05) is 7.11 Å². The number of hydrogen-bond donors (Lipinski definition) is 0. The van der Waals surface area contributed by atoms with Crippen LogP contribution in [0.1, 0.15) is 42.1 Å². The molecule has 0 saturated carbocycles. The average molecular weight is 391 g/mol. The van der Waals surface area contributed by atoms with Crippen LogP contribution in [0.4, 0.5) is 0 Å².